The van der Waals surface area contributed by atoms with Crippen LogP contribution in [0.3, 0.4) is 0 Å². The highest BCUT2D eigenvalue weighted by Gasteiger charge is 2.09. The van der Waals surface area contributed by atoms with Gasteiger partial charge in [0.25, 0.3) is 5.56 Å². The predicted octanol–water partition coefficient (Wildman–Crippen LogP) is -0.187. The smallest absolute Gasteiger partial charge is 0.261 e. The van der Waals surface area contributed by atoms with E-state index >= 15 is 0 Å². The number of oxime groups is 1. The first-order valence-corrected chi connectivity index (χ1v) is 5.30. The molecular formula is C11H18N4O2. The Morgan fingerprint density at radius 2 is 2.18 bits per heavy atom. The third kappa shape index (κ3) is 3.07. The monoisotopic (exact) mass is 238 g/mol. The Balaban J connectivity index is 3.16. The summed E-state index contributed by atoms with van der Waals surface area (Å²) < 4.78 is 1.62. The Bertz CT molecular complexity index is 477. The van der Waals surface area contributed by atoms with Crippen LogP contribution in [0.1, 0.15) is 11.3 Å². The maximum atomic E-state index is 12.1. The van der Waals surface area contributed by atoms with Gasteiger partial charge in [-0.2, -0.15) is 0 Å². The molecule has 0 aromatic carbocycles. The van der Waals surface area contributed by atoms with E-state index < -0.39 is 0 Å². The summed E-state index contributed by atoms with van der Waals surface area (Å²) in [6.07, 6.45) is 0. The Morgan fingerprint density at radius 3 is 2.71 bits per heavy atom. The molecule has 0 saturated heterocycles. The summed E-state index contributed by atoms with van der Waals surface area (Å²) in [7, 11) is 3.88. The third-order valence-electron chi connectivity index (χ3n) is 2.55. The number of aryl methyl sites for hydroxylation is 1. The first-order valence-electron chi connectivity index (χ1n) is 5.30. The van der Waals surface area contributed by atoms with Gasteiger partial charge < -0.3 is 20.4 Å². The number of likely N-dealkylation sites (N-methyl/N-ethyl adjacent to an activating group) is 1. The van der Waals surface area contributed by atoms with Gasteiger partial charge >= 0.3 is 0 Å². The molecule has 1 rings (SSSR count). The van der Waals surface area contributed by atoms with Crippen molar-refractivity contribution >= 4 is 5.84 Å². The largest absolute Gasteiger partial charge is 0.409 e. The number of hydrogen-bond acceptors (Lipinski definition) is 4. The minimum absolute atomic E-state index is 0.159. The molecule has 1 aromatic heterocycles. The molecule has 94 valence electrons. The summed E-state index contributed by atoms with van der Waals surface area (Å²) in [6, 6.07) is 3.35. The summed E-state index contributed by atoms with van der Waals surface area (Å²) in [5, 5.41) is 11.5. The standard InChI is InChI=1S/C11H18N4O2/c1-8-4-5-9(10(12)13-17)11(16)15(8)7-6-14(2)3/h4-5,17H,6-7H2,1-3H3,(H2,12,13). The fraction of sp³-hybridized carbons (Fsp3) is 0.455. The highest BCUT2D eigenvalue weighted by molar-refractivity contribution is 5.96. The van der Waals surface area contributed by atoms with Crippen molar-refractivity contribution in [2.24, 2.45) is 10.9 Å². The minimum Gasteiger partial charge on any atom is -0.409 e. The van der Waals surface area contributed by atoms with Gasteiger partial charge in [0.05, 0.1) is 5.56 Å². The van der Waals surface area contributed by atoms with E-state index in [1.54, 1.807) is 16.7 Å². The second kappa shape index (κ2) is 5.49. The molecule has 0 aliphatic rings. The Kier molecular flexibility index (Phi) is 4.28. The summed E-state index contributed by atoms with van der Waals surface area (Å²) in [4.78, 5) is 14.1. The van der Waals surface area contributed by atoms with E-state index in [0.29, 0.717) is 6.54 Å². The molecule has 0 saturated carbocycles. The van der Waals surface area contributed by atoms with E-state index in [1.165, 1.54) is 0 Å². The number of nitrogens with two attached hydrogens (primary N) is 1. The molecule has 6 nitrogen and oxygen atoms in total. The predicted molar refractivity (Wildman–Crippen MR) is 66.5 cm³/mol. The first-order chi connectivity index (χ1) is 7.97. The maximum absolute atomic E-state index is 12.1. The van der Waals surface area contributed by atoms with Gasteiger partial charge in [0.2, 0.25) is 0 Å². The third-order valence-corrected chi connectivity index (χ3v) is 2.55. The molecule has 17 heavy (non-hydrogen) atoms. The Hall–Kier alpha value is -1.82. The maximum Gasteiger partial charge on any atom is 0.261 e. The summed E-state index contributed by atoms with van der Waals surface area (Å²) in [5.41, 5.74) is 6.28. The molecule has 3 N–H and O–H groups in total. The van der Waals surface area contributed by atoms with Gasteiger partial charge in [-0.1, -0.05) is 5.16 Å². The molecule has 0 bridgehead atoms. The Morgan fingerprint density at radius 1 is 1.53 bits per heavy atom. The Labute approximate surface area is 100.0 Å². The van der Waals surface area contributed by atoms with Crippen LogP contribution in [0, 0.1) is 6.92 Å². The van der Waals surface area contributed by atoms with E-state index in [1.807, 2.05) is 25.9 Å². The van der Waals surface area contributed by atoms with Crippen LogP contribution < -0.4 is 11.3 Å². The lowest BCUT2D eigenvalue weighted by Crippen LogP contribution is -2.33. The number of nitrogens with zero attached hydrogens (tertiary/aromatic N) is 3. The number of aromatic nitrogens is 1. The van der Waals surface area contributed by atoms with Gasteiger partial charge in [-0.05, 0) is 33.2 Å². The zero-order chi connectivity index (χ0) is 13.0. The number of hydrogen-bond donors (Lipinski definition) is 2. The van der Waals surface area contributed by atoms with Crippen molar-refractivity contribution in [3.63, 3.8) is 0 Å². The lowest BCUT2D eigenvalue weighted by molar-refractivity contribution is 0.318. The van der Waals surface area contributed by atoms with Crippen LogP contribution in [0.25, 0.3) is 0 Å². The van der Waals surface area contributed by atoms with Gasteiger partial charge in [-0.3, -0.25) is 4.79 Å². The molecule has 0 fully saturated rings. The molecule has 1 heterocycles. The van der Waals surface area contributed by atoms with Crippen molar-refractivity contribution in [3.8, 4) is 0 Å². The molecule has 6 heteroatoms. The number of rotatable bonds is 4. The number of pyridine rings is 1. The van der Waals surface area contributed by atoms with Gasteiger partial charge in [-0.15, -0.1) is 0 Å². The van der Waals surface area contributed by atoms with E-state index in [9.17, 15) is 4.79 Å². The van der Waals surface area contributed by atoms with Gasteiger partial charge in [0.15, 0.2) is 5.84 Å². The van der Waals surface area contributed by atoms with E-state index in [0.717, 1.165) is 12.2 Å². The zero-order valence-electron chi connectivity index (χ0n) is 10.3. The van der Waals surface area contributed by atoms with Gasteiger partial charge in [0, 0.05) is 18.8 Å². The van der Waals surface area contributed by atoms with Crippen molar-refractivity contribution in [3.05, 3.63) is 33.7 Å². The molecule has 0 aliphatic carbocycles. The lowest BCUT2D eigenvalue weighted by atomic mass is 10.2. The quantitative estimate of drug-likeness (QED) is 0.330. The molecule has 0 amide bonds. The summed E-state index contributed by atoms with van der Waals surface area (Å²) in [5.74, 6) is -0.159. The van der Waals surface area contributed by atoms with Gasteiger partial charge in [-0.25, -0.2) is 0 Å². The second-order valence-electron chi connectivity index (χ2n) is 4.13. The minimum atomic E-state index is -0.234. The van der Waals surface area contributed by atoms with Crippen LogP contribution in [0.5, 0.6) is 0 Å². The van der Waals surface area contributed by atoms with Crippen LogP contribution in [-0.2, 0) is 6.54 Å². The topological polar surface area (TPSA) is 83.9 Å². The van der Waals surface area contributed by atoms with Crippen molar-refractivity contribution < 1.29 is 5.21 Å². The van der Waals surface area contributed by atoms with E-state index in [4.69, 9.17) is 10.9 Å². The van der Waals surface area contributed by atoms with Crippen molar-refractivity contribution in [2.45, 2.75) is 13.5 Å². The average Bonchev–Trinajstić information content (AvgIpc) is 2.27. The molecule has 0 atom stereocenters. The summed E-state index contributed by atoms with van der Waals surface area (Å²) >= 11 is 0. The van der Waals surface area contributed by atoms with E-state index in [-0.39, 0.29) is 17.0 Å². The lowest BCUT2D eigenvalue weighted by Gasteiger charge is -2.14. The van der Waals surface area contributed by atoms with Gasteiger partial charge in [0.1, 0.15) is 0 Å². The fourth-order valence-electron chi connectivity index (χ4n) is 1.50. The average molecular weight is 238 g/mol. The molecule has 1 aromatic rings. The molecular weight excluding hydrogens is 220 g/mol. The number of amidine groups is 1. The van der Waals surface area contributed by atoms with Crippen LogP contribution in [-0.4, -0.2) is 41.1 Å². The highest BCUT2D eigenvalue weighted by atomic mass is 16.4. The molecule has 0 unspecified atom stereocenters. The fourth-order valence-corrected chi connectivity index (χ4v) is 1.50. The van der Waals surface area contributed by atoms with Crippen LogP contribution in [0.2, 0.25) is 0 Å². The van der Waals surface area contributed by atoms with Crippen molar-refractivity contribution in [2.75, 3.05) is 20.6 Å². The SMILES string of the molecule is Cc1ccc(/C(N)=N/O)c(=O)n1CCN(C)C. The molecule has 0 spiro atoms. The van der Waals surface area contributed by atoms with Crippen molar-refractivity contribution in [1.82, 2.24) is 9.47 Å². The zero-order valence-corrected chi connectivity index (χ0v) is 10.3. The summed E-state index contributed by atoms with van der Waals surface area (Å²) in [6.45, 7) is 3.18. The normalized spacial score (nSPS) is 12.1. The molecule has 0 radical (unpaired) electrons. The van der Waals surface area contributed by atoms with Crippen molar-refractivity contribution in [1.29, 1.82) is 0 Å². The highest BCUT2D eigenvalue weighted by Crippen LogP contribution is 1.99. The first kappa shape index (κ1) is 13.2. The van der Waals surface area contributed by atoms with Crippen LogP contribution in [0.4, 0.5) is 0 Å². The van der Waals surface area contributed by atoms with E-state index in [2.05, 4.69) is 5.16 Å². The second-order valence-corrected chi connectivity index (χ2v) is 4.13. The molecule has 0 aliphatic heterocycles. The van der Waals surface area contributed by atoms with Crippen LogP contribution >= 0.6 is 0 Å². The van der Waals surface area contributed by atoms with Crippen LogP contribution in [0.15, 0.2) is 22.1 Å².